The number of carbonyl (C=O) groups excluding carboxylic acids is 1. The fourth-order valence-electron chi connectivity index (χ4n) is 3.02. The van der Waals surface area contributed by atoms with Gasteiger partial charge in [-0.05, 0) is 22.8 Å². The first-order valence-electron chi connectivity index (χ1n) is 6.84. The predicted molar refractivity (Wildman–Crippen MR) is 82.8 cm³/mol. The van der Waals surface area contributed by atoms with Crippen LogP contribution in [0, 0.1) is 48.8 Å². The normalized spacial score (nSPS) is 17.4. The van der Waals surface area contributed by atoms with Crippen LogP contribution in [-0.2, 0) is 4.79 Å². The van der Waals surface area contributed by atoms with Crippen molar-refractivity contribution in [3.05, 3.63) is 73.0 Å². The van der Waals surface area contributed by atoms with Crippen molar-refractivity contribution in [1.82, 2.24) is 0 Å². The summed E-state index contributed by atoms with van der Waals surface area (Å²) < 4.78 is 0. The molecule has 0 bridgehead atoms. The van der Waals surface area contributed by atoms with Crippen molar-refractivity contribution in [2.24, 2.45) is 5.92 Å². The first-order valence-corrected chi connectivity index (χ1v) is 6.84. The topological polar surface area (TPSA) is 151 Å². The van der Waals surface area contributed by atoms with E-state index in [0.717, 1.165) is 12.1 Å². The lowest BCUT2D eigenvalue weighted by molar-refractivity contribution is -0.419. The van der Waals surface area contributed by atoms with Crippen LogP contribution in [0.15, 0.2) is 41.6 Å². The predicted octanol–water partition coefficient (Wildman–Crippen LogP) is 2.15. The smallest absolute Gasteiger partial charge is 0.286 e. The average molecular weight is 334 g/mol. The minimum atomic E-state index is -1.20. The summed E-state index contributed by atoms with van der Waals surface area (Å²) in [6, 6.07) is 7.12. The summed E-state index contributed by atoms with van der Waals surface area (Å²) in [7, 11) is 0. The average Bonchev–Trinajstić information content (AvgIpc) is 2.91. The largest absolute Gasteiger partial charge is 0.313 e. The quantitative estimate of drug-likeness (QED) is 0.456. The Labute approximate surface area is 139 Å². The van der Waals surface area contributed by atoms with Crippen LogP contribution in [0.2, 0.25) is 0 Å². The highest BCUT2D eigenvalue weighted by Gasteiger charge is 2.45. The third-order valence-corrected chi connectivity index (χ3v) is 4.04. The van der Waals surface area contributed by atoms with Crippen molar-refractivity contribution in [3.8, 4) is 12.1 Å². The maximum Gasteiger partial charge on any atom is 0.313 e. The molecule has 2 aliphatic carbocycles. The molecule has 1 unspecified atom stereocenters. The Kier molecular flexibility index (Phi) is 3.48. The number of nitrogens with zero attached hydrogens (tertiary/aromatic N) is 4. The van der Waals surface area contributed by atoms with Gasteiger partial charge in [-0.3, -0.25) is 25.0 Å². The molecule has 0 saturated carbocycles. The molecule has 2 aliphatic rings. The zero-order chi connectivity index (χ0) is 18.3. The van der Waals surface area contributed by atoms with E-state index in [0.29, 0.717) is 11.1 Å². The fraction of sp³-hybridized carbons (Fsp3) is 0.0625. The highest BCUT2D eigenvalue weighted by molar-refractivity contribution is 6.18. The van der Waals surface area contributed by atoms with Gasteiger partial charge in [0.2, 0.25) is 5.78 Å². The maximum absolute atomic E-state index is 12.5. The molecule has 0 spiro atoms. The van der Waals surface area contributed by atoms with Gasteiger partial charge in [0, 0.05) is 23.8 Å². The number of nitriles is 2. The SMILES string of the molecule is N#CC(C#N)=C1c2cc([N+](=O)[O-])ccc2C2=CC=C([N+](=O)[O-])C(=O)C21. The summed E-state index contributed by atoms with van der Waals surface area (Å²) in [5, 5.41) is 40.4. The molecular weight excluding hydrogens is 328 g/mol. The Morgan fingerprint density at radius 1 is 1.04 bits per heavy atom. The molecule has 1 aromatic carbocycles. The second kappa shape index (κ2) is 5.51. The molecule has 1 atom stereocenters. The number of non-ortho nitro benzene ring substituents is 1. The summed E-state index contributed by atoms with van der Waals surface area (Å²) in [6.07, 6.45) is 2.43. The van der Waals surface area contributed by atoms with Gasteiger partial charge in [0.15, 0.2) is 0 Å². The van der Waals surface area contributed by atoms with Gasteiger partial charge in [0.25, 0.3) is 5.69 Å². The van der Waals surface area contributed by atoms with E-state index in [-0.39, 0.29) is 16.8 Å². The van der Waals surface area contributed by atoms with Crippen molar-refractivity contribution < 1.29 is 14.6 Å². The minimum absolute atomic E-state index is 0.0348. The summed E-state index contributed by atoms with van der Waals surface area (Å²) in [6.45, 7) is 0. The molecule has 25 heavy (non-hydrogen) atoms. The number of benzene rings is 1. The zero-order valence-corrected chi connectivity index (χ0v) is 12.3. The van der Waals surface area contributed by atoms with E-state index in [4.69, 9.17) is 0 Å². The molecule has 0 saturated heterocycles. The van der Waals surface area contributed by atoms with E-state index >= 15 is 0 Å². The molecular formula is C16H6N4O5. The van der Waals surface area contributed by atoms with Crippen LogP contribution in [0.4, 0.5) is 5.69 Å². The van der Waals surface area contributed by atoms with Crippen LogP contribution in [0.3, 0.4) is 0 Å². The molecule has 1 aromatic rings. The summed E-state index contributed by atoms with van der Waals surface area (Å²) >= 11 is 0. The Balaban J connectivity index is 2.36. The molecule has 9 heteroatoms. The number of Topliss-reactive ketones (excluding diaryl/α,β-unsaturated/α-hetero) is 1. The fourth-order valence-corrected chi connectivity index (χ4v) is 3.02. The number of ketones is 1. The van der Waals surface area contributed by atoms with Crippen LogP contribution in [-0.4, -0.2) is 15.6 Å². The lowest BCUT2D eigenvalue weighted by Crippen LogP contribution is -2.23. The molecule has 0 aliphatic heterocycles. The molecule has 120 valence electrons. The third kappa shape index (κ3) is 2.19. The van der Waals surface area contributed by atoms with Crippen molar-refractivity contribution in [2.75, 3.05) is 0 Å². The van der Waals surface area contributed by atoms with Gasteiger partial charge in [-0.2, -0.15) is 10.5 Å². The number of nitro groups is 2. The van der Waals surface area contributed by atoms with Crippen LogP contribution in [0.5, 0.6) is 0 Å². The standard InChI is InChI=1S/C16H6N4O5/c17-6-8(7-18)14-12-5-9(19(22)23)1-2-10(12)11-3-4-13(20(24)25)16(21)15(11)14/h1-5,15H. The Hall–Kier alpha value is -4.11. The van der Waals surface area contributed by atoms with E-state index in [2.05, 4.69) is 0 Å². The van der Waals surface area contributed by atoms with E-state index in [1.807, 2.05) is 0 Å². The second-order valence-corrected chi connectivity index (χ2v) is 5.23. The lowest BCUT2D eigenvalue weighted by Gasteiger charge is -2.14. The van der Waals surface area contributed by atoms with Crippen LogP contribution in [0.1, 0.15) is 11.1 Å². The number of allylic oxidation sites excluding steroid dienone is 6. The molecule has 0 aromatic heterocycles. The molecule has 0 N–H and O–H groups in total. The molecule has 9 nitrogen and oxygen atoms in total. The van der Waals surface area contributed by atoms with Gasteiger partial charge >= 0.3 is 5.70 Å². The van der Waals surface area contributed by atoms with Gasteiger partial charge in [0.1, 0.15) is 17.7 Å². The van der Waals surface area contributed by atoms with E-state index in [9.17, 15) is 35.5 Å². The van der Waals surface area contributed by atoms with Crippen LogP contribution < -0.4 is 0 Å². The third-order valence-electron chi connectivity index (χ3n) is 4.04. The van der Waals surface area contributed by atoms with E-state index in [1.54, 1.807) is 12.1 Å². The van der Waals surface area contributed by atoms with E-state index < -0.39 is 32.8 Å². The van der Waals surface area contributed by atoms with Gasteiger partial charge in [-0.1, -0.05) is 6.08 Å². The van der Waals surface area contributed by atoms with Crippen molar-refractivity contribution in [2.45, 2.75) is 0 Å². The number of carbonyl (C=O) groups is 1. The number of hydrogen-bond donors (Lipinski definition) is 0. The summed E-state index contributed by atoms with van der Waals surface area (Å²) in [5.74, 6) is -2.06. The van der Waals surface area contributed by atoms with Gasteiger partial charge in [0.05, 0.1) is 15.8 Å². The number of hydrogen-bond acceptors (Lipinski definition) is 7. The van der Waals surface area contributed by atoms with E-state index in [1.165, 1.54) is 18.2 Å². The monoisotopic (exact) mass is 334 g/mol. The molecule has 3 rings (SSSR count). The molecule has 0 radical (unpaired) electrons. The van der Waals surface area contributed by atoms with Crippen molar-refractivity contribution in [1.29, 1.82) is 10.5 Å². The first kappa shape index (κ1) is 15.8. The highest BCUT2D eigenvalue weighted by Crippen LogP contribution is 2.50. The summed E-state index contributed by atoms with van der Waals surface area (Å²) in [5.41, 5.74) is -0.390. The van der Waals surface area contributed by atoms with Crippen molar-refractivity contribution >= 4 is 22.6 Å². The Morgan fingerprint density at radius 2 is 1.72 bits per heavy atom. The van der Waals surface area contributed by atoms with Crippen molar-refractivity contribution in [3.63, 3.8) is 0 Å². The zero-order valence-electron chi connectivity index (χ0n) is 12.3. The molecule has 0 fully saturated rings. The Bertz CT molecular complexity index is 1030. The number of fused-ring (bicyclic) bond motifs is 3. The second-order valence-electron chi connectivity index (χ2n) is 5.23. The molecule has 0 heterocycles. The van der Waals surface area contributed by atoms with Crippen LogP contribution in [0.25, 0.3) is 11.1 Å². The minimum Gasteiger partial charge on any atom is -0.286 e. The van der Waals surface area contributed by atoms with Gasteiger partial charge in [-0.15, -0.1) is 0 Å². The summed E-state index contributed by atoms with van der Waals surface area (Å²) in [4.78, 5) is 33.1. The highest BCUT2D eigenvalue weighted by atomic mass is 16.6. The van der Waals surface area contributed by atoms with Crippen LogP contribution >= 0.6 is 0 Å². The Morgan fingerprint density at radius 3 is 2.28 bits per heavy atom. The lowest BCUT2D eigenvalue weighted by atomic mass is 9.85. The number of rotatable bonds is 2. The maximum atomic E-state index is 12.5. The number of nitro benzene ring substituents is 1. The van der Waals surface area contributed by atoms with Gasteiger partial charge < -0.3 is 0 Å². The molecule has 0 amide bonds. The first-order chi connectivity index (χ1) is 11.9. The van der Waals surface area contributed by atoms with Gasteiger partial charge in [-0.25, -0.2) is 0 Å².